The van der Waals surface area contributed by atoms with Crippen molar-refractivity contribution >= 4 is 15.5 Å². The number of H-pyrrole nitrogens is 1. The molecule has 1 aromatic carbocycles. The number of nitrogens with one attached hydrogen (secondary N) is 1. The Bertz CT molecular complexity index is 1370. The SMILES string of the molecule is CCCc1cc(CC)c2c(=O)[nH]c(-c3cc(S(=O)(=O)N4CCN(CCO)CC4)ccc3OCC)nn12. The van der Waals surface area contributed by atoms with Crippen LogP contribution in [0.1, 0.15) is 38.4 Å². The molecular weight excluding hydrogens is 482 g/mol. The van der Waals surface area contributed by atoms with Gasteiger partial charge in [0.15, 0.2) is 5.82 Å². The van der Waals surface area contributed by atoms with Crippen LogP contribution in [0.3, 0.4) is 0 Å². The van der Waals surface area contributed by atoms with E-state index < -0.39 is 10.0 Å². The number of ether oxygens (including phenoxy) is 1. The number of aromatic nitrogens is 3. The summed E-state index contributed by atoms with van der Waals surface area (Å²) in [4.78, 5) is 18.2. The molecule has 0 bridgehead atoms. The number of aliphatic hydroxyl groups excluding tert-OH is 1. The fourth-order valence-corrected chi connectivity index (χ4v) is 6.15. The molecule has 3 aromatic rings. The Balaban J connectivity index is 1.79. The first kappa shape index (κ1) is 26.3. The monoisotopic (exact) mass is 517 g/mol. The lowest BCUT2D eigenvalue weighted by Crippen LogP contribution is -2.49. The Morgan fingerprint density at radius 1 is 1.11 bits per heavy atom. The summed E-state index contributed by atoms with van der Waals surface area (Å²) in [5, 5.41) is 13.9. The van der Waals surface area contributed by atoms with Gasteiger partial charge in [0.1, 0.15) is 11.3 Å². The summed E-state index contributed by atoms with van der Waals surface area (Å²) in [6.07, 6.45) is 2.38. The molecule has 1 fully saturated rings. The predicted octanol–water partition coefficient (Wildman–Crippen LogP) is 1.90. The number of β-amino-alcohol motifs (C(OH)–C–C–N with tert-alkyl or cyclic N) is 1. The van der Waals surface area contributed by atoms with Crippen molar-refractivity contribution in [1.29, 1.82) is 0 Å². The Kier molecular flexibility index (Phi) is 8.13. The smallest absolute Gasteiger partial charge is 0.275 e. The summed E-state index contributed by atoms with van der Waals surface area (Å²) in [6, 6.07) is 6.71. The highest BCUT2D eigenvalue weighted by atomic mass is 32.2. The number of benzene rings is 1. The second-order valence-electron chi connectivity index (χ2n) is 8.89. The van der Waals surface area contributed by atoms with Gasteiger partial charge in [0.05, 0.1) is 23.7 Å². The van der Waals surface area contributed by atoms with Crippen molar-refractivity contribution in [3.63, 3.8) is 0 Å². The van der Waals surface area contributed by atoms with E-state index in [9.17, 15) is 13.2 Å². The first-order valence-electron chi connectivity index (χ1n) is 12.6. The van der Waals surface area contributed by atoms with Gasteiger partial charge in [0.2, 0.25) is 10.0 Å². The number of nitrogens with zero attached hydrogens (tertiary/aromatic N) is 4. The molecule has 0 unspecified atom stereocenters. The molecule has 0 saturated carbocycles. The third-order valence-corrected chi connectivity index (χ3v) is 8.45. The summed E-state index contributed by atoms with van der Waals surface area (Å²) in [5.41, 5.74) is 2.55. The van der Waals surface area contributed by atoms with Gasteiger partial charge < -0.3 is 14.8 Å². The van der Waals surface area contributed by atoms with Crippen molar-refractivity contribution < 1.29 is 18.3 Å². The van der Waals surface area contributed by atoms with E-state index in [0.717, 1.165) is 24.1 Å². The van der Waals surface area contributed by atoms with Gasteiger partial charge >= 0.3 is 0 Å². The number of sulfonamides is 1. The van der Waals surface area contributed by atoms with Gasteiger partial charge in [-0.15, -0.1) is 5.10 Å². The molecule has 3 heterocycles. The zero-order valence-corrected chi connectivity index (χ0v) is 22.0. The minimum absolute atomic E-state index is 0.0473. The Morgan fingerprint density at radius 2 is 1.86 bits per heavy atom. The third-order valence-electron chi connectivity index (χ3n) is 6.55. The average Bonchev–Trinajstić information content (AvgIpc) is 3.23. The standard InChI is InChI=1S/C25H35N5O5S/c1-4-7-19-16-18(5-2)23-25(32)26-24(27-30(19)23)21-17-20(8-9-22(21)35-6-3)36(33,34)29-12-10-28(11-13-29)14-15-31/h8-9,16-17,31H,4-7,10-15H2,1-3H3,(H,26,27,32). The number of piperazine rings is 1. The predicted molar refractivity (Wildman–Crippen MR) is 138 cm³/mol. The van der Waals surface area contributed by atoms with Gasteiger partial charge in [-0.2, -0.15) is 4.31 Å². The lowest BCUT2D eigenvalue weighted by atomic mass is 10.2. The van der Waals surface area contributed by atoms with E-state index in [0.29, 0.717) is 62.6 Å². The van der Waals surface area contributed by atoms with E-state index in [2.05, 4.69) is 11.9 Å². The maximum absolute atomic E-state index is 13.5. The fourth-order valence-electron chi connectivity index (χ4n) is 4.70. The van der Waals surface area contributed by atoms with Crippen LogP contribution in [0.25, 0.3) is 16.9 Å². The largest absolute Gasteiger partial charge is 0.493 e. The first-order valence-corrected chi connectivity index (χ1v) is 14.0. The van der Waals surface area contributed by atoms with Gasteiger partial charge in [-0.05, 0) is 49.6 Å². The number of fused-ring (bicyclic) bond motifs is 1. The van der Waals surface area contributed by atoms with Crippen LogP contribution in [-0.4, -0.2) is 83.3 Å². The minimum atomic E-state index is -3.77. The van der Waals surface area contributed by atoms with Crippen LogP contribution in [0.2, 0.25) is 0 Å². The van der Waals surface area contributed by atoms with Crippen LogP contribution in [0.5, 0.6) is 5.75 Å². The Hall–Kier alpha value is -2.73. The van der Waals surface area contributed by atoms with Crippen molar-refractivity contribution in [3.8, 4) is 17.1 Å². The van der Waals surface area contributed by atoms with Gasteiger partial charge in [-0.1, -0.05) is 20.3 Å². The summed E-state index contributed by atoms with van der Waals surface area (Å²) in [5.74, 6) is 0.711. The molecule has 0 radical (unpaired) electrons. The molecule has 196 valence electrons. The Labute approximate surface area is 211 Å². The lowest BCUT2D eigenvalue weighted by Gasteiger charge is -2.33. The Morgan fingerprint density at radius 3 is 2.50 bits per heavy atom. The number of aliphatic hydroxyl groups is 1. The van der Waals surface area contributed by atoms with Crippen LogP contribution in [-0.2, 0) is 22.9 Å². The van der Waals surface area contributed by atoms with E-state index in [1.165, 1.54) is 16.4 Å². The van der Waals surface area contributed by atoms with Crippen molar-refractivity contribution in [3.05, 3.63) is 45.9 Å². The molecule has 1 saturated heterocycles. The van der Waals surface area contributed by atoms with Crippen LogP contribution in [0.4, 0.5) is 0 Å². The van der Waals surface area contributed by atoms with Crippen LogP contribution in [0, 0.1) is 0 Å². The molecule has 1 aliphatic rings. The molecule has 0 spiro atoms. The van der Waals surface area contributed by atoms with E-state index in [1.54, 1.807) is 10.6 Å². The molecule has 2 aromatic heterocycles. The number of aromatic amines is 1. The quantitative estimate of drug-likeness (QED) is 0.421. The maximum Gasteiger partial charge on any atom is 0.275 e. The molecular formula is C25H35N5O5S. The molecule has 10 nitrogen and oxygen atoms in total. The molecule has 0 aliphatic carbocycles. The molecule has 2 N–H and O–H groups in total. The van der Waals surface area contributed by atoms with Crippen molar-refractivity contribution in [2.75, 3.05) is 45.9 Å². The molecule has 11 heteroatoms. The minimum Gasteiger partial charge on any atom is -0.493 e. The summed E-state index contributed by atoms with van der Waals surface area (Å²) in [6.45, 7) is 8.68. The zero-order valence-electron chi connectivity index (χ0n) is 21.2. The lowest BCUT2D eigenvalue weighted by molar-refractivity contribution is 0.151. The summed E-state index contributed by atoms with van der Waals surface area (Å²) < 4.78 is 35.9. The van der Waals surface area contributed by atoms with Gasteiger partial charge in [0, 0.05) is 38.4 Å². The second kappa shape index (κ2) is 11.1. The number of rotatable bonds is 10. The van der Waals surface area contributed by atoms with E-state index in [4.69, 9.17) is 14.9 Å². The molecule has 0 amide bonds. The van der Waals surface area contributed by atoms with Crippen molar-refractivity contribution in [2.45, 2.75) is 44.9 Å². The summed E-state index contributed by atoms with van der Waals surface area (Å²) >= 11 is 0. The molecule has 4 rings (SSSR count). The normalized spacial score (nSPS) is 15.6. The highest BCUT2D eigenvalue weighted by Gasteiger charge is 2.29. The van der Waals surface area contributed by atoms with Crippen LogP contribution >= 0.6 is 0 Å². The third kappa shape index (κ3) is 5.06. The van der Waals surface area contributed by atoms with E-state index in [-0.39, 0.29) is 22.9 Å². The van der Waals surface area contributed by atoms with Gasteiger partial charge in [-0.25, -0.2) is 12.9 Å². The van der Waals surface area contributed by atoms with Crippen molar-refractivity contribution in [2.24, 2.45) is 0 Å². The zero-order chi connectivity index (χ0) is 25.9. The number of hydrogen-bond acceptors (Lipinski definition) is 7. The second-order valence-corrected chi connectivity index (χ2v) is 10.8. The van der Waals surface area contributed by atoms with Gasteiger partial charge in [-0.3, -0.25) is 9.69 Å². The fraction of sp³-hybridized carbons (Fsp3) is 0.520. The summed E-state index contributed by atoms with van der Waals surface area (Å²) in [7, 11) is -3.77. The molecule has 0 atom stereocenters. The molecule has 1 aliphatic heterocycles. The topological polar surface area (TPSA) is 120 Å². The van der Waals surface area contributed by atoms with E-state index >= 15 is 0 Å². The number of aryl methyl sites for hydroxylation is 2. The van der Waals surface area contributed by atoms with Crippen LogP contribution < -0.4 is 10.3 Å². The maximum atomic E-state index is 13.5. The van der Waals surface area contributed by atoms with Crippen LogP contribution in [0.15, 0.2) is 34.0 Å². The highest BCUT2D eigenvalue weighted by Crippen LogP contribution is 2.32. The average molecular weight is 518 g/mol. The number of hydrogen-bond donors (Lipinski definition) is 2. The van der Waals surface area contributed by atoms with Crippen molar-refractivity contribution in [1.82, 2.24) is 23.8 Å². The van der Waals surface area contributed by atoms with Gasteiger partial charge in [0.25, 0.3) is 5.56 Å². The highest BCUT2D eigenvalue weighted by molar-refractivity contribution is 7.89. The first-order chi connectivity index (χ1) is 17.3. The molecule has 36 heavy (non-hydrogen) atoms. The van der Waals surface area contributed by atoms with E-state index in [1.807, 2.05) is 24.8 Å².